The number of fused-ring (bicyclic) bond motifs is 1. The van der Waals surface area contributed by atoms with Crippen LogP contribution in [0.4, 0.5) is 5.69 Å². The minimum absolute atomic E-state index is 0.0723. The second kappa shape index (κ2) is 5.68. The number of anilines is 1. The maximum Gasteiger partial charge on any atom is 0.282 e. The van der Waals surface area contributed by atoms with Gasteiger partial charge < -0.3 is 4.90 Å². The van der Waals surface area contributed by atoms with Crippen LogP contribution in [0, 0.1) is 6.92 Å². The highest BCUT2D eigenvalue weighted by Gasteiger charge is 2.21. The fraction of sp³-hybridized carbons (Fsp3) is 0.167. The lowest BCUT2D eigenvalue weighted by Gasteiger charge is -2.17. The van der Waals surface area contributed by atoms with Gasteiger partial charge in [0.15, 0.2) is 5.69 Å². The van der Waals surface area contributed by atoms with Crippen LogP contribution in [0.2, 0.25) is 0 Å². The predicted octanol–water partition coefficient (Wildman–Crippen LogP) is 2.52. The van der Waals surface area contributed by atoms with Crippen molar-refractivity contribution in [1.82, 2.24) is 9.78 Å². The smallest absolute Gasteiger partial charge is 0.282 e. The van der Waals surface area contributed by atoms with Crippen molar-refractivity contribution in [1.29, 1.82) is 0 Å². The zero-order valence-electron chi connectivity index (χ0n) is 13.3. The van der Waals surface area contributed by atoms with Crippen molar-refractivity contribution in [2.45, 2.75) is 6.92 Å². The predicted molar refractivity (Wildman–Crippen MR) is 90.9 cm³/mol. The van der Waals surface area contributed by atoms with Crippen LogP contribution in [0.3, 0.4) is 0 Å². The van der Waals surface area contributed by atoms with E-state index in [-0.39, 0.29) is 11.1 Å². The Morgan fingerprint density at radius 3 is 2.52 bits per heavy atom. The summed E-state index contributed by atoms with van der Waals surface area (Å²) in [5.74, 6) is -0.416. The highest BCUT2D eigenvalue weighted by atomic mass is 16.2. The number of hydrogen-bond acceptors (Lipinski definition) is 3. The molecule has 0 fully saturated rings. The van der Waals surface area contributed by atoms with Crippen LogP contribution in [0.25, 0.3) is 10.9 Å². The monoisotopic (exact) mass is 307 g/mol. The van der Waals surface area contributed by atoms with E-state index < -0.39 is 5.91 Å². The summed E-state index contributed by atoms with van der Waals surface area (Å²) >= 11 is 0. The Labute approximate surface area is 133 Å². The first-order chi connectivity index (χ1) is 11.0. The average Bonchev–Trinajstić information content (AvgIpc) is 2.57. The molecule has 0 aliphatic rings. The van der Waals surface area contributed by atoms with Gasteiger partial charge in [-0.3, -0.25) is 14.3 Å². The van der Waals surface area contributed by atoms with Crippen molar-refractivity contribution < 1.29 is 4.79 Å². The molecule has 0 saturated heterocycles. The zero-order valence-corrected chi connectivity index (χ0v) is 13.3. The van der Waals surface area contributed by atoms with Crippen molar-refractivity contribution in [3.63, 3.8) is 0 Å². The number of carbonyl (C=O) groups excluding carboxylic acids is 1. The summed E-state index contributed by atoms with van der Waals surface area (Å²) in [4.78, 5) is 26.8. The van der Waals surface area contributed by atoms with Crippen LogP contribution >= 0.6 is 0 Å². The first kappa shape index (κ1) is 15.0. The SMILES string of the molecule is Cc1ccc2c(c1)c(=O)c(C(=O)N(C)c1ccccc1)nn2C. The molecule has 0 spiro atoms. The van der Waals surface area contributed by atoms with E-state index in [1.165, 1.54) is 4.90 Å². The van der Waals surface area contributed by atoms with E-state index in [1.54, 1.807) is 24.8 Å². The highest BCUT2D eigenvalue weighted by Crippen LogP contribution is 2.15. The van der Waals surface area contributed by atoms with E-state index in [0.717, 1.165) is 5.56 Å². The van der Waals surface area contributed by atoms with Gasteiger partial charge in [0.2, 0.25) is 5.43 Å². The first-order valence-corrected chi connectivity index (χ1v) is 7.30. The number of nitrogens with zero attached hydrogens (tertiary/aromatic N) is 3. The second-order valence-electron chi connectivity index (χ2n) is 5.52. The Morgan fingerprint density at radius 2 is 1.83 bits per heavy atom. The number of carbonyl (C=O) groups is 1. The summed E-state index contributed by atoms with van der Waals surface area (Å²) in [6, 6.07) is 14.7. The number of hydrogen-bond donors (Lipinski definition) is 0. The number of rotatable bonds is 2. The Bertz CT molecular complexity index is 946. The van der Waals surface area contributed by atoms with Crippen molar-refractivity contribution in [2.75, 3.05) is 11.9 Å². The molecule has 5 nitrogen and oxygen atoms in total. The first-order valence-electron chi connectivity index (χ1n) is 7.30. The standard InChI is InChI=1S/C18H17N3O2/c1-12-9-10-15-14(11-12)17(22)16(19-21(15)3)18(23)20(2)13-7-5-4-6-8-13/h4-11H,1-3H3. The Kier molecular flexibility index (Phi) is 3.70. The van der Waals surface area contributed by atoms with E-state index in [4.69, 9.17) is 0 Å². The molecule has 23 heavy (non-hydrogen) atoms. The lowest BCUT2D eigenvalue weighted by atomic mass is 10.1. The minimum atomic E-state index is -0.416. The van der Waals surface area contributed by atoms with Crippen molar-refractivity contribution >= 4 is 22.5 Å². The quantitative estimate of drug-likeness (QED) is 0.731. The lowest BCUT2D eigenvalue weighted by molar-refractivity contribution is 0.0985. The van der Waals surface area contributed by atoms with Crippen LogP contribution in [-0.2, 0) is 7.05 Å². The topological polar surface area (TPSA) is 55.2 Å². The molecule has 0 aliphatic heterocycles. The molecule has 1 amide bonds. The van der Waals surface area contributed by atoms with Crippen molar-refractivity contribution in [3.8, 4) is 0 Å². The summed E-state index contributed by atoms with van der Waals surface area (Å²) < 4.78 is 1.57. The largest absolute Gasteiger partial charge is 0.310 e. The Morgan fingerprint density at radius 1 is 1.13 bits per heavy atom. The summed E-state index contributed by atoms with van der Waals surface area (Å²) in [6.07, 6.45) is 0. The molecule has 0 aliphatic carbocycles. The van der Waals surface area contributed by atoms with E-state index in [0.29, 0.717) is 16.6 Å². The van der Waals surface area contributed by atoms with Crippen molar-refractivity contribution in [2.24, 2.45) is 7.05 Å². The highest BCUT2D eigenvalue weighted by molar-refractivity contribution is 6.05. The zero-order chi connectivity index (χ0) is 16.6. The molecule has 0 N–H and O–H groups in total. The van der Waals surface area contributed by atoms with Crippen LogP contribution in [0.1, 0.15) is 16.1 Å². The van der Waals surface area contributed by atoms with Gasteiger partial charge in [-0.25, -0.2) is 0 Å². The van der Waals surface area contributed by atoms with Gasteiger partial charge >= 0.3 is 0 Å². The summed E-state index contributed by atoms with van der Waals surface area (Å²) in [5.41, 5.74) is 1.98. The molecule has 0 radical (unpaired) electrons. The molecule has 0 unspecified atom stereocenters. The number of amides is 1. The van der Waals surface area contributed by atoms with E-state index in [2.05, 4.69) is 5.10 Å². The van der Waals surface area contributed by atoms with Crippen LogP contribution in [0.15, 0.2) is 53.3 Å². The maximum atomic E-state index is 12.7. The fourth-order valence-electron chi connectivity index (χ4n) is 2.56. The number of aryl methyl sites for hydroxylation is 2. The maximum absolute atomic E-state index is 12.7. The molecule has 1 heterocycles. The van der Waals surface area contributed by atoms with Gasteiger partial charge in [0.05, 0.1) is 10.9 Å². The van der Waals surface area contributed by atoms with E-state index in [1.807, 2.05) is 49.4 Å². The molecule has 0 saturated carbocycles. The third-order valence-electron chi connectivity index (χ3n) is 3.86. The average molecular weight is 307 g/mol. The van der Waals surface area contributed by atoms with Crippen LogP contribution < -0.4 is 10.3 Å². The molecule has 3 rings (SSSR count). The van der Waals surface area contributed by atoms with Gasteiger partial charge in [-0.05, 0) is 31.2 Å². The van der Waals surface area contributed by atoms with E-state index in [9.17, 15) is 9.59 Å². The number of aromatic nitrogens is 2. The van der Waals surface area contributed by atoms with Crippen LogP contribution in [-0.4, -0.2) is 22.7 Å². The number of benzene rings is 2. The van der Waals surface area contributed by atoms with E-state index >= 15 is 0 Å². The minimum Gasteiger partial charge on any atom is -0.310 e. The summed E-state index contributed by atoms with van der Waals surface area (Å²) in [6.45, 7) is 1.91. The molecule has 1 aromatic heterocycles. The molecule has 5 heteroatoms. The van der Waals surface area contributed by atoms with Gasteiger partial charge in [-0.15, -0.1) is 0 Å². The van der Waals surface area contributed by atoms with Crippen molar-refractivity contribution in [3.05, 3.63) is 70.0 Å². The van der Waals surface area contributed by atoms with Gasteiger partial charge in [0.1, 0.15) is 0 Å². The molecule has 116 valence electrons. The molecule has 0 atom stereocenters. The van der Waals surface area contributed by atoms with Crippen LogP contribution in [0.5, 0.6) is 0 Å². The Hall–Kier alpha value is -2.95. The molecule has 0 bridgehead atoms. The lowest BCUT2D eigenvalue weighted by Crippen LogP contribution is -2.33. The number of para-hydroxylation sites is 1. The van der Waals surface area contributed by atoms with Gasteiger partial charge in [0, 0.05) is 19.8 Å². The second-order valence-corrected chi connectivity index (χ2v) is 5.52. The third kappa shape index (κ3) is 2.61. The molecular formula is C18H17N3O2. The molecule has 2 aromatic carbocycles. The fourth-order valence-corrected chi connectivity index (χ4v) is 2.56. The molecular weight excluding hydrogens is 290 g/mol. The summed E-state index contributed by atoms with van der Waals surface area (Å²) in [5, 5.41) is 4.70. The normalized spacial score (nSPS) is 10.7. The van der Waals surface area contributed by atoms with Gasteiger partial charge in [-0.1, -0.05) is 29.8 Å². The summed E-state index contributed by atoms with van der Waals surface area (Å²) in [7, 11) is 3.37. The molecule has 3 aromatic rings. The van der Waals surface area contributed by atoms with Gasteiger partial charge in [-0.2, -0.15) is 5.10 Å². The Balaban J connectivity index is 2.15. The third-order valence-corrected chi connectivity index (χ3v) is 3.86. The van der Waals surface area contributed by atoms with Gasteiger partial charge in [0.25, 0.3) is 5.91 Å².